The van der Waals surface area contributed by atoms with E-state index in [1.54, 1.807) is 27.7 Å². The summed E-state index contributed by atoms with van der Waals surface area (Å²) in [5.74, 6) is 0. The summed E-state index contributed by atoms with van der Waals surface area (Å²) >= 11 is 0. The summed E-state index contributed by atoms with van der Waals surface area (Å²) in [4.78, 5) is 0. The molecule has 2 N–H and O–H groups in total. The molecule has 2 aromatic carbocycles. The first-order valence-electron chi connectivity index (χ1n) is 8.17. The summed E-state index contributed by atoms with van der Waals surface area (Å²) in [6.07, 6.45) is 0. The Morgan fingerprint density at radius 1 is 0.958 bits per heavy atom. The number of hydrogen-bond acceptors (Lipinski definition) is 3. The van der Waals surface area contributed by atoms with Gasteiger partial charge < -0.3 is 19.4 Å². The van der Waals surface area contributed by atoms with E-state index >= 15 is 0 Å². The van der Waals surface area contributed by atoms with Crippen LogP contribution in [0.4, 0.5) is 0 Å². The highest BCUT2D eigenvalue weighted by molar-refractivity contribution is 6.60. The lowest BCUT2D eigenvalue weighted by Crippen LogP contribution is -2.53. The molecule has 0 bridgehead atoms. The van der Waals surface area contributed by atoms with Crippen LogP contribution in [0.5, 0.6) is 0 Å². The van der Waals surface area contributed by atoms with Crippen molar-refractivity contribution in [2.75, 3.05) is 0 Å². The van der Waals surface area contributed by atoms with E-state index in [1.165, 1.54) is 0 Å². The number of nitrogens with zero attached hydrogens (tertiary/aromatic N) is 1. The molecule has 126 valence electrons. The van der Waals surface area contributed by atoms with Crippen molar-refractivity contribution in [1.29, 1.82) is 0 Å². The number of aromatic nitrogens is 1. The normalized spacial score (nSPS) is 13.0. The second-order valence-electron chi connectivity index (χ2n) is 7.39. The average Bonchev–Trinajstić information content (AvgIpc) is 2.79. The largest absolute Gasteiger partial charge is 0.491 e. The molecule has 0 aliphatic carbocycles. The van der Waals surface area contributed by atoms with Crippen LogP contribution in [-0.4, -0.2) is 33.0 Å². The van der Waals surface area contributed by atoms with E-state index in [0.29, 0.717) is 5.46 Å². The first-order valence-corrected chi connectivity index (χ1v) is 8.17. The van der Waals surface area contributed by atoms with E-state index in [4.69, 9.17) is 4.65 Å². The minimum atomic E-state index is -1.10. The fourth-order valence-corrected chi connectivity index (χ4v) is 2.83. The van der Waals surface area contributed by atoms with Crippen molar-refractivity contribution in [3.05, 3.63) is 42.5 Å². The van der Waals surface area contributed by atoms with Crippen molar-refractivity contribution in [2.45, 2.75) is 38.9 Å². The van der Waals surface area contributed by atoms with Gasteiger partial charge in [0.1, 0.15) is 0 Å². The van der Waals surface area contributed by atoms with Gasteiger partial charge in [0.2, 0.25) is 0 Å². The molecule has 24 heavy (non-hydrogen) atoms. The summed E-state index contributed by atoms with van der Waals surface area (Å²) in [6.45, 7) is 6.89. The SMILES string of the molecule is Cn1c2ccccc2c2cc(B(O)OC(C)(C)C(C)(C)O)ccc21. The fourth-order valence-electron chi connectivity index (χ4n) is 2.83. The summed E-state index contributed by atoms with van der Waals surface area (Å²) in [5.41, 5.74) is 0.972. The molecule has 4 nitrogen and oxygen atoms in total. The van der Waals surface area contributed by atoms with E-state index < -0.39 is 18.3 Å². The zero-order chi connectivity index (χ0) is 17.7. The number of hydrogen-bond donors (Lipinski definition) is 2. The van der Waals surface area contributed by atoms with E-state index in [1.807, 2.05) is 37.4 Å². The van der Waals surface area contributed by atoms with Crippen LogP contribution in [0, 0.1) is 0 Å². The molecule has 1 aromatic heterocycles. The van der Waals surface area contributed by atoms with Gasteiger partial charge in [-0.2, -0.15) is 0 Å². The van der Waals surface area contributed by atoms with Crippen molar-refractivity contribution in [3.8, 4) is 0 Å². The lowest BCUT2D eigenvalue weighted by molar-refractivity contribution is -0.0982. The molecular formula is C19H24BNO3. The maximum atomic E-state index is 10.5. The Labute approximate surface area is 142 Å². The van der Waals surface area contributed by atoms with Crippen LogP contribution in [0.15, 0.2) is 42.5 Å². The van der Waals surface area contributed by atoms with Crippen molar-refractivity contribution < 1.29 is 14.8 Å². The summed E-state index contributed by atoms with van der Waals surface area (Å²) in [7, 11) is 0.934. The van der Waals surface area contributed by atoms with Crippen LogP contribution in [0.1, 0.15) is 27.7 Å². The van der Waals surface area contributed by atoms with Gasteiger partial charge in [0.25, 0.3) is 0 Å². The molecule has 0 unspecified atom stereocenters. The molecule has 0 radical (unpaired) electrons. The third kappa shape index (κ3) is 2.73. The minimum absolute atomic E-state index is 0.677. The monoisotopic (exact) mass is 325 g/mol. The van der Waals surface area contributed by atoms with Crippen LogP contribution in [0.3, 0.4) is 0 Å². The topological polar surface area (TPSA) is 54.6 Å². The molecule has 0 aliphatic heterocycles. The molecule has 0 fully saturated rings. The minimum Gasteiger partial charge on any atom is -0.423 e. The predicted octanol–water partition coefficient (Wildman–Crippen LogP) is 2.59. The van der Waals surface area contributed by atoms with E-state index in [9.17, 15) is 10.1 Å². The first kappa shape index (κ1) is 17.0. The fraction of sp³-hybridized carbons (Fsp3) is 0.368. The smallest absolute Gasteiger partial charge is 0.423 e. The van der Waals surface area contributed by atoms with Crippen LogP contribution >= 0.6 is 0 Å². The summed E-state index contributed by atoms with van der Waals surface area (Å²) in [6, 6.07) is 14.0. The molecule has 1 heterocycles. The molecule has 0 atom stereocenters. The second kappa shape index (κ2) is 5.62. The van der Waals surface area contributed by atoms with Gasteiger partial charge in [0.05, 0.1) is 11.2 Å². The Hall–Kier alpha value is -1.82. The number of fused-ring (bicyclic) bond motifs is 3. The van der Waals surface area contributed by atoms with Crippen molar-refractivity contribution in [3.63, 3.8) is 0 Å². The van der Waals surface area contributed by atoms with Gasteiger partial charge >= 0.3 is 7.12 Å². The Morgan fingerprint density at radius 2 is 1.58 bits per heavy atom. The molecule has 3 aromatic rings. The number of para-hydroxylation sites is 1. The number of aliphatic hydroxyl groups is 1. The zero-order valence-corrected chi connectivity index (χ0v) is 14.9. The summed E-state index contributed by atoms with van der Waals surface area (Å²) < 4.78 is 7.90. The number of rotatable bonds is 4. The zero-order valence-electron chi connectivity index (χ0n) is 14.9. The van der Waals surface area contributed by atoms with Gasteiger partial charge in [0, 0.05) is 28.9 Å². The highest BCUT2D eigenvalue weighted by atomic mass is 16.5. The van der Waals surface area contributed by atoms with Crippen molar-refractivity contribution >= 4 is 34.4 Å². The lowest BCUT2D eigenvalue weighted by Gasteiger charge is -2.38. The summed E-state index contributed by atoms with van der Waals surface area (Å²) in [5, 5.41) is 23.0. The molecule has 3 rings (SSSR count). The highest BCUT2D eigenvalue weighted by Crippen LogP contribution is 2.28. The maximum Gasteiger partial charge on any atom is 0.491 e. The van der Waals surface area contributed by atoms with E-state index in [-0.39, 0.29) is 0 Å². The van der Waals surface area contributed by atoms with Gasteiger partial charge in [-0.3, -0.25) is 0 Å². The molecule has 0 saturated carbocycles. The Kier molecular flexibility index (Phi) is 3.99. The van der Waals surface area contributed by atoms with E-state index in [2.05, 4.69) is 16.7 Å². The Bertz CT molecular complexity index is 893. The molecule has 0 spiro atoms. The third-order valence-electron chi connectivity index (χ3n) is 5.10. The maximum absolute atomic E-state index is 10.5. The van der Waals surface area contributed by atoms with Gasteiger partial charge in [-0.05, 0) is 45.3 Å². The molecular weight excluding hydrogens is 301 g/mol. The molecule has 0 amide bonds. The molecule has 0 saturated heterocycles. The standard InChI is InChI=1S/C19H24BNO3/c1-18(2,22)19(3,4)24-20(23)13-10-11-17-15(12-13)14-8-6-7-9-16(14)21(17)5/h6-12,22-23H,1-5H3. The number of benzene rings is 2. The number of aryl methyl sites for hydroxylation is 1. The van der Waals surface area contributed by atoms with E-state index in [0.717, 1.165) is 21.8 Å². The van der Waals surface area contributed by atoms with Crippen molar-refractivity contribution in [1.82, 2.24) is 4.57 Å². The average molecular weight is 325 g/mol. The second-order valence-corrected chi connectivity index (χ2v) is 7.39. The van der Waals surface area contributed by atoms with Crippen LogP contribution < -0.4 is 5.46 Å². The van der Waals surface area contributed by atoms with Gasteiger partial charge in [0.15, 0.2) is 0 Å². The third-order valence-corrected chi connectivity index (χ3v) is 5.10. The molecule has 5 heteroatoms. The van der Waals surface area contributed by atoms with Crippen LogP contribution in [0.25, 0.3) is 21.8 Å². The van der Waals surface area contributed by atoms with Gasteiger partial charge in [-0.15, -0.1) is 0 Å². The predicted molar refractivity (Wildman–Crippen MR) is 99.5 cm³/mol. The first-order chi connectivity index (χ1) is 11.1. The van der Waals surface area contributed by atoms with Crippen LogP contribution in [0.2, 0.25) is 0 Å². The quantitative estimate of drug-likeness (QED) is 0.725. The van der Waals surface area contributed by atoms with Gasteiger partial charge in [-0.25, -0.2) is 0 Å². The lowest BCUT2D eigenvalue weighted by atomic mass is 9.76. The molecule has 0 aliphatic rings. The van der Waals surface area contributed by atoms with Gasteiger partial charge in [-0.1, -0.05) is 30.3 Å². The Balaban J connectivity index is 2.03. The Morgan fingerprint density at radius 3 is 2.25 bits per heavy atom. The van der Waals surface area contributed by atoms with Crippen LogP contribution in [-0.2, 0) is 11.7 Å². The highest BCUT2D eigenvalue weighted by Gasteiger charge is 2.39. The van der Waals surface area contributed by atoms with Crippen molar-refractivity contribution in [2.24, 2.45) is 7.05 Å².